The zero-order valence-electron chi connectivity index (χ0n) is 12.3. The second kappa shape index (κ2) is 6.50. The summed E-state index contributed by atoms with van der Waals surface area (Å²) in [6.45, 7) is 2.29. The lowest BCUT2D eigenvalue weighted by Gasteiger charge is -2.22. The molecule has 0 saturated heterocycles. The van der Waals surface area contributed by atoms with Gasteiger partial charge in [0.15, 0.2) is 0 Å². The van der Waals surface area contributed by atoms with Gasteiger partial charge in [-0.05, 0) is 71.5 Å². The van der Waals surface area contributed by atoms with E-state index in [4.69, 9.17) is 0 Å². The Labute approximate surface area is 135 Å². The lowest BCUT2D eigenvalue weighted by molar-refractivity contribution is 0.404. The molecule has 20 heavy (non-hydrogen) atoms. The second-order valence-electron chi connectivity index (χ2n) is 6.23. The summed E-state index contributed by atoms with van der Waals surface area (Å²) in [6, 6.07) is 6.78. The molecule has 1 aromatic heterocycles. The maximum atomic E-state index is 3.67. The molecule has 1 aromatic carbocycles. The number of unbranched alkanes of at least 4 members (excludes halogenated alkanes) is 3. The molecule has 0 radical (unpaired) electrons. The van der Waals surface area contributed by atoms with Gasteiger partial charge in [0.1, 0.15) is 0 Å². The van der Waals surface area contributed by atoms with Crippen LogP contribution in [0.15, 0.2) is 18.2 Å². The van der Waals surface area contributed by atoms with E-state index in [0.29, 0.717) is 0 Å². The van der Waals surface area contributed by atoms with Crippen LogP contribution in [-0.4, -0.2) is 4.98 Å². The Morgan fingerprint density at radius 1 is 1.25 bits per heavy atom. The number of fused-ring (bicyclic) bond motifs is 3. The molecule has 0 amide bonds. The smallest absolute Gasteiger partial charge is 0.0459 e. The minimum Gasteiger partial charge on any atom is -0.358 e. The average molecular weight is 381 g/mol. The van der Waals surface area contributed by atoms with Gasteiger partial charge in [-0.15, -0.1) is 0 Å². The molecule has 1 aliphatic rings. The van der Waals surface area contributed by atoms with E-state index in [1.165, 1.54) is 71.5 Å². The third-order valence-electron chi connectivity index (χ3n) is 4.72. The van der Waals surface area contributed by atoms with E-state index in [1.54, 1.807) is 5.56 Å². The Hall–Kier alpha value is -0.510. The van der Waals surface area contributed by atoms with Crippen LogP contribution in [0.5, 0.6) is 0 Å². The van der Waals surface area contributed by atoms with Crippen molar-refractivity contribution in [2.24, 2.45) is 5.92 Å². The SMILES string of the molecule is CCCCCCC1CCc2c([nH]c3ccc(I)cc23)C1. The van der Waals surface area contributed by atoms with Crippen LogP contribution >= 0.6 is 22.6 Å². The van der Waals surface area contributed by atoms with Gasteiger partial charge in [0.05, 0.1) is 0 Å². The standard InChI is InChI=1S/C18H24IN/c1-2-3-4-5-6-13-7-9-15-16-12-14(19)8-10-17(16)20-18(15)11-13/h8,10,12-13,20H,2-7,9,11H2,1H3. The number of aromatic amines is 1. The highest BCUT2D eigenvalue weighted by Gasteiger charge is 2.22. The van der Waals surface area contributed by atoms with Gasteiger partial charge in [-0.1, -0.05) is 39.0 Å². The van der Waals surface area contributed by atoms with E-state index in [1.807, 2.05) is 0 Å². The average Bonchev–Trinajstić information content (AvgIpc) is 2.81. The first kappa shape index (κ1) is 14.4. The maximum absolute atomic E-state index is 3.67. The van der Waals surface area contributed by atoms with Crippen molar-refractivity contribution in [3.8, 4) is 0 Å². The quantitative estimate of drug-likeness (QED) is 0.494. The molecule has 2 aromatic rings. The summed E-state index contributed by atoms with van der Waals surface area (Å²) in [5.41, 5.74) is 4.46. The van der Waals surface area contributed by atoms with Crippen molar-refractivity contribution < 1.29 is 0 Å². The molecular formula is C18H24IN. The molecule has 1 heterocycles. The summed E-state index contributed by atoms with van der Waals surface area (Å²) in [4.78, 5) is 3.67. The summed E-state index contributed by atoms with van der Waals surface area (Å²) >= 11 is 2.42. The molecule has 0 aliphatic heterocycles. The van der Waals surface area contributed by atoms with E-state index in [-0.39, 0.29) is 0 Å². The first-order valence-corrected chi connectivity index (χ1v) is 9.14. The Morgan fingerprint density at radius 2 is 2.15 bits per heavy atom. The number of hydrogen-bond donors (Lipinski definition) is 1. The fourth-order valence-electron chi connectivity index (χ4n) is 3.58. The van der Waals surface area contributed by atoms with E-state index < -0.39 is 0 Å². The zero-order chi connectivity index (χ0) is 13.9. The molecule has 0 bridgehead atoms. The molecule has 1 nitrogen and oxygen atoms in total. The summed E-state index contributed by atoms with van der Waals surface area (Å²) in [7, 11) is 0. The van der Waals surface area contributed by atoms with E-state index >= 15 is 0 Å². The van der Waals surface area contributed by atoms with Crippen LogP contribution in [0, 0.1) is 9.49 Å². The van der Waals surface area contributed by atoms with Gasteiger partial charge in [0, 0.05) is 20.2 Å². The highest BCUT2D eigenvalue weighted by Crippen LogP contribution is 2.34. The predicted octanol–water partition coefficient (Wildman–Crippen LogP) is 5.85. The Morgan fingerprint density at radius 3 is 3.00 bits per heavy atom. The zero-order valence-corrected chi connectivity index (χ0v) is 14.5. The summed E-state index contributed by atoms with van der Waals surface area (Å²) in [6.07, 6.45) is 10.9. The summed E-state index contributed by atoms with van der Waals surface area (Å²) in [5, 5.41) is 1.47. The highest BCUT2D eigenvalue weighted by molar-refractivity contribution is 14.1. The van der Waals surface area contributed by atoms with Gasteiger partial charge in [0.2, 0.25) is 0 Å². The lowest BCUT2D eigenvalue weighted by atomic mass is 9.84. The van der Waals surface area contributed by atoms with E-state index in [0.717, 1.165) is 5.92 Å². The van der Waals surface area contributed by atoms with Gasteiger partial charge >= 0.3 is 0 Å². The largest absolute Gasteiger partial charge is 0.358 e. The number of rotatable bonds is 5. The van der Waals surface area contributed by atoms with Gasteiger partial charge in [-0.3, -0.25) is 0 Å². The van der Waals surface area contributed by atoms with Crippen molar-refractivity contribution in [1.29, 1.82) is 0 Å². The number of aromatic nitrogens is 1. The van der Waals surface area contributed by atoms with Crippen molar-refractivity contribution in [3.05, 3.63) is 33.0 Å². The van der Waals surface area contributed by atoms with E-state index in [9.17, 15) is 0 Å². The monoisotopic (exact) mass is 381 g/mol. The number of H-pyrrole nitrogens is 1. The topological polar surface area (TPSA) is 15.8 Å². The number of aryl methyl sites for hydroxylation is 1. The molecule has 0 saturated carbocycles. The first-order chi connectivity index (χ1) is 9.78. The van der Waals surface area contributed by atoms with Crippen LogP contribution in [0.2, 0.25) is 0 Å². The van der Waals surface area contributed by atoms with Crippen LogP contribution in [0.3, 0.4) is 0 Å². The third kappa shape index (κ3) is 3.05. The Kier molecular flexibility index (Phi) is 4.69. The van der Waals surface area contributed by atoms with Crippen LogP contribution in [0.4, 0.5) is 0 Å². The predicted molar refractivity (Wildman–Crippen MR) is 95.3 cm³/mol. The van der Waals surface area contributed by atoms with Crippen molar-refractivity contribution in [2.45, 2.75) is 58.3 Å². The number of nitrogens with one attached hydrogen (secondary N) is 1. The van der Waals surface area contributed by atoms with Crippen LogP contribution in [-0.2, 0) is 12.8 Å². The molecular weight excluding hydrogens is 357 g/mol. The maximum Gasteiger partial charge on any atom is 0.0459 e. The molecule has 0 fully saturated rings. The van der Waals surface area contributed by atoms with Crippen molar-refractivity contribution in [3.63, 3.8) is 0 Å². The van der Waals surface area contributed by atoms with Crippen LogP contribution in [0.25, 0.3) is 10.9 Å². The molecule has 1 unspecified atom stereocenters. The fourth-order valence-corrected chi connectivity index (χ4v) is 4.07. The number of hydrogen-bond acceptors (Lipinski definition) is 0. The summed E-state index contributed by atoms with van der Waals surface area (Å²) in [5.74, 6) is 0.909. The Balaban J connectivity index is 1.70. The minimum absolute atomic E-state index is 0.909. The van der Waals surface area contributed by atoms with Crippen molar-refractivity contribution in [2.75, 3.05) is 0 Å². The molecule has 108 valence electrons. The number of benzene rings is 1. The van der Waals surface area contributed by atoms with Gasteiger partial charge in [-0.25, -0.2) is 0 Å². The van der Waals surface area contributed by atoms with Crippen molar-refractivity contribution >= 4 is 33.5 Å². The number of halogens is 1. The Bertz CT molecular complexity index is 584. The normalized spacial score (nSPS) is 18.4. The minimum atomic E-state index is 0.909. The molecule has 0 spiro atoms. The van der Waals surface area contributed by atoms with E-state index in [2.05, 4.69) is 52.7 Å². The third-order valence-corrected chi connectivity index (χ3v) is 5.39. The van der Waals surface area contributed by atoms with Gasteiger partial charge < -0.3 is 4.98 Å². The van der Waals surface area contributed by atoms with Crippen LogP contribution in [0.1, 0.15) is 56.7 Å². The summed E-state index contributed by atoms with van der Waals surface area (Å²) < 4.78 is 1.35. The molecule has 1 atom stereocenters. The molecule has 2 heteroatoms. The molecule has 3 rings (SSSR count). The van der Waals surface area contributed by atoms with Gasteiger partial charge in [-0.2, -0.15) is 0 Å². The second-order valence-corrected chi connectivity index (χ2v) is 7.48. The highest BCUT2D eigenvalue weighted by atomic mass is 127. The van der Waals surface area contributed by atoms with Crippen molar-refractivity contribution in [1.82, 2.24) is 4.98 Å². The fraction of sp³-hybridized carbons (Fsp3) is 0.556. The first-order valence-electron chi connectivity index (χ1n) is 8.07. The molecule has 1 N–H and O–H groups in total. The lowest BCUT2D eigenvalue weighted by Crippen LogP contribution is -2.13. The van der Waals surface area contributed by atoms with Crippen LogP contribution < -0.4 is 0 Å². The molecule has 1 aliphatic carbocycles. The van der Waals surface area contributed by atoms with Gasteiger partial charge in [0.25, 0.3) is 0 Å².